The van der Waals surface area contributed by atoms with Crippen molar-refractivity contribution in [2.24, 2.45) is 4.99 Å². The van der Waals surface area contributed by atoms with Gasteiger partial charge >= 0.3 is 0 Å². The van der Waals surface area contributed by atoms with Crippen LogP contribution < -0.4 is 5.32 Å². The lowest BCUT2D eigenvalue weighted by Crippen LogP contribution is -2.32. The fourth-order valence-corrected chi connectivity index (χ4v) is 4.08. The number of thioether (sulfide) groups is 1. The number of ether oxygens (including phenoxy) is 1. The average Bonchev–Trinajstić information content (AvgIpc) is 3.02. The standard InChI is InChI=1S/C23H25N3O2S/c1-5-13-28-17(3)15-26-22(27)21(18-9-11-19(24-4)12-10-18)29-23(26)25-20-8-6-7-16(2)14-20/h5-14,21,24H,3,15H2,1-2,4H3/b13-5-,25-23?. The molecule has 0 radical (unpaired) electrons. The van der Waals surface area contributed by atoms with Crippen molar-refractivity contribution in [1.82, 2.24) is 4.90 Å². The molecule has 0 aromatic heterocycles. The largest absolute Gasteiger partial charge is 0.468 e. The smallest absolute Gasteiger partial charge is 0.247 e. The van der Waals surface area contributed by atoms with Gasteiger partial charge in [-0.25, -0.2) is 4.99 Å². The normalized spacial score (nSPS) is 17.9. The van der Waals surface area contributed by atoms with Gasteiger partial charge in [-0.15, -0.1) is 0 Å². The Morgan fingerprint density at radius 2 is 2.07 bits per heavy atom. The van der Waals surface area contributed by atoms with Gasteiger partial charge in [0.1, 0.15) is 11.0 Å². The molecule has 2 aromatic carbocycles. The third-order valence-electron chi connectivity index (χ3n) is 4.38. The number of amidine groups is 1. The van der Waals surface area contributed by atoms with Crippen LogP contribution in [0.3, 0.4) is 0 Å². The summed E-state index contributed by atoms with van der Waals surface area (Å²) in [5.74, 6) is 0.462. The molecule has 1 unspecified atom stereocenters. The number of aryl methyl sites for hydroxylation is 1. The van der Waals surface area contributed by atoms with Gasteiger partial charge in [-0.2, -0.15) is 0 Å². The molecular weight excluding hydrogens is 382 g/mol. The van der Waals surface area contributed by atoms with Crippen molar-refractivity contribution in [3.8, 4) is 0 Å². The fourth-order valence-electron chi connectivity index (χ4n) is 2.91. The number of hydrogen-bond donors (Lipinski definition) is 1. The molecule has 0 bridgehead atoms. The maximum Gasteiger partial charge on any atom is 0.247 e. The molecule has 1 fully saturated rings. The van der Waals surface area contributed by atoms with E-state index >= 15 is 0 Å². The number of hydrogen-bond acceptors (Lipinski definition) is 5. The Labute approximate surface area is 176 Å². The molecule has 5 nitrogen and oxygen atoms in total. The number of carbonyl (C=O) groups is 1. The second kappa shape index (κ2) is 9.47. The van der Waals surface area contributed by atoms with Gasteiger partial charge in [0.15, 0.2) is 5.17 Å². The first-order valence-corrected chi connectivity index (χ1v) is 10.3. The minimum Gasteiger partial charge on any atom is -0.468 e. The number of allylic oxidation sites excluding steroid dienone is 1. The predicted octanol–water partition coefficient (Wildman–Crippen LogP) is 5.40. The van der Waals surface area contributed by atoms with Gasteiger partial charge in [0.2, 0.25) is 5.91 Å². The van der Waals surface area contributed by atoms with E-state index in [1.54, 1.807) is 17.2 Å². The van der Waals surface area contributed by atoms with Crippen LogP contribution in [0.5, 0.6) is 0 Å². The Bertz CT molecular complexity index is 951. The molecule has 1 amide bonds. The van der Waals surface area contributed by atoms with Gasteiger partial charge in [-0.3, -0.25) is 9.69 Å². The van der Waals surface area contributed by atoms with E-state index in [1.807, 2.05) is 69.4 Å². The van der Waals surface area contributed by atoms with Crippen molar-refractivity contribution in [3.63, 3.8) is 0 Å². The molecule has 3 rings (SSSR count). The summed E-state index contributed by atoms with van der Waals surface area (Å²) in [6.07, 6.45) is 3.33. The maximum atomic E-state index is 13.2. The Hall–Kier alpha value is -2.99. The Morgan fingerprint density at radius 3 is 2.72 bits per heavy atom. The summed E-state index contributed by atoms with van der Waals surface area (Å²) in [7, 11) is 1.87. The van der Waals surface area contributed by atoms with Crippen LogP contribution in [0.1, 0.15) is 23.3 Å². The van der Waals surface area contributed by atoms with E-state index in [0.717, 1.165) is 22.5 Å². The zero-order chi connectivity index (χ0) is 20.8. The number of benzene rings is 2. The van der Waals surface area contributed by atoms with Crippen molar-refractivity contribution in [1.29, 1.82) is 0 Å². The second-order valence-electron chi connectivity index (χ2n) is 6.65. The third-order valence-corrected chi connectivity index (χ3v) is 5.61. The second-order valence-corrected chi connectivity index (χ2v) is 7.73. The summed E-state index contributed by atoms with van der Waals surface area (Å²) in [5, 5.41) is 3.40. The van der Waals surface area contributed by atoms with E-state index in [-0.39, 0.29) is 17.7 Å². The van der Waals surface area contributed by atoms with Crippen LogP contribution in [0.15, 0.2) is 78.2 Å². The zero-order valence-electron chi connectivity index (χ0n) is 16.9. The topological polar surface area (TPSA) is 53.9 Å². The molecule has 1 N–H and O–H groups in total. The van der Waals surface area contributed by atoms with Crippen molar-refractivity contribution >= 4 is 34.2 Å². The number of carbonyl (C=O) groups excluding carboxylic acids is 1. The van der Waals surface area contributed by atoms with Crippen LogP contribution in [0, 0.1) is 6.92 Å². The summed E-state index contributed by atoms with van der Waals surface area (Å²) in [6.45, 7) is 8.06. The summed E-state index contributed by atoms with van der Waals surface area (Å²) < 4.78 is 5.45. The average molecular weight is 408 g/mol. The van der Waals surface area contributed by atoms with Gasteiger partial charge in [0.25, 0.3) is 0 Å². The highest BCUT2D eigenvalue weighted by molar-refractivity contribution is 8.15. The lowest BCUT2D eigenvalue weighted by Gasteiger charge is -2.17. The maximum absolute atomic E-state index is 13.2. The van der Waals surface area contributed by atoms with Crippen LogP contribution in [0.25, 0.3) is 0 Å². The van der Waals surface area contributed by atoms with Gasteiger partial charge in [0.05, 0.1) is 18.5 Å². The highest BCUT2D eigenvalue weighted by Gasteiger charge is 2.39. The van der Waals surface area contributed by atoms with Crippen LogP contribution in [0.4, 0.5) is 11.4 Å². The van der Waals surface area contributed by atoms with Crippen molar-refractivity contribution in [2.75, 3.05) is 18.9 Å². The van der Waals surface area contributed by atoms with E-state index in [2.05, 4.69) is 11.9 Å². The fraction of sp³-hybridized carbons (Fsp3) is 0.217. The summed E-state index contributed by atoms with van der Waals surface area (Å²) in [4.78, 5) is 19.6. The van der Waals surface area contributed by atoms with Crippen LogP contribution in [0.2, 0.25) is 0 Å². The van der Waals surface area contributed by atoms with Gasteiger partial charge in [-0.1, -0.05) is 48.7 Å². The van der Waals surface area contributed by atoms with Crippen molar-refractivity contribution < 1.29 is 9.53 Å². The first-order chi connectivity index (χ1) is 14.0. The number of amides is 1. The summed E-state index contributed by atoms with van der Waals surface area (Å²) in [6, 6.07) is 15.8. The molecule has 1 aliphatic heterocycles. The van der Waals surface area contributed by atoms with E-state index in [1.165, 1.54) is 11.8 Å². The third kappa shape index (κ3) is 5.09. The Kier molecular flexibility index (Phi) is 6.77. The van der Waals surface area contributed by atoms with E-state index < -0.39 is 0 Å². The molecular formula is C23H25N3O2S. The van der Waals surface area contributed by atoms with Crippen LogP contribution in [-0.2, 0) is 9.53 Å². The summed E-state index contributed by atoms with van der Waals surface area (Å²) in [5.41, 5.74) is 3.88. The number of rotatable bonds is 7. The van der Waals surface area contributed by atoms with Gasteiger partial charge in [-0.05, 0) is 49.2 Å². The molecule has 2 aromatic rings. The lowest BCUT2D eigenvalue weighted by atomic mass is 10.1. The Morgan fingerprint density at radius 1 is 1.31 bits per heavy atom. The highest BCUT2D eigenvalue weighted by Crippen LogP contribution is 2.41. The zero-order valence-corrected chi connectivity index (χ0v) is 17.7. The minimum atomic E-state index is -0.348. The molecule has 0 saturated carbocycles. The predicted molar refractivity (Wildman–Crippen MR) is 121 cm³/mol. The number of nitrogens with one attached hydrogen (secondary N) is 1. The van der Waals surface area contributed by atoms with E-state index in [0.29, 0.717) is 10.9 Å². The van der Waals surface area contributed by atoms with Gasteiger partial charge < -0.3 is 10.1 Å². The van der Waals surface area contributed by atoms with Gasteiger partial charge in [0, 0.05) is 12.7 Å². The van der Waals surface area contributed by atoms with E-state index in [4.69, 9.17) is 9.73 Å². The quantitative estimate of drug-likeness (QED) is 0.624. The SMILES string of the molecule is C=C(CN1C(=O)C(c2ccc(NC)cc2)SC1=Nc1cccc(C)c1)O/C=C\C. The number of anilines is 1. The molecule has 1 heterocycles. The lowest BCUT2D eigenvalue weighted by molar-refractivity contribution is -0.126. The first kappa shape index (κ1) is 20.7. The molecule has 1 saturated heterocycles. The van der Waals surface area contributed by atoms with Crippen molar-refractivity contribution in [3.05, 3.63) is 84.3 Å². The number of nitrogens with zero attached hydrogens (tertiary/aromatic N) is 2. The molecule has 0 spiro atoms. The van der Waals surface area contributed by atoms with Crippen LogP contribution in [-0.4, -0.2) is 29.6 Å². The molecule has 0 aliphatic carbocycles. The Balaban J connectivity index is 1.91. The summed E-state index contributed by atoms with van der Waals surface area (Å²) >= 11 is 1.45. The molecule has 29 heavy (non-hydrogen) atoms. The highest BCUT2D eigenvalue weighted by atomic mass is 32.2. The number of aliphatic imine (C=N–C) groups is 1. The molecule has 150 valence electrons. The van der Waals surface area contributed by atoms with Crippen LogP contribution >= 0.6 is 11.8 Å². The van der Waals surface area contributed by atoms with Crippen molar-refractivity contribution in [2.45, 2.75) is 19.1 Å². The first-order valence-electron chi connectivity index (χ1n) is 9.38. The molecule has 1 aliphatic rings. The molecule has 1 atom stereocenters. The monoisotopic (exact) mass is 407 g/mol. The minimum absolute atomic E-state index is 0.0242. The molecule has 6 heteroatoms. The van der Waals surface area contributed by atoms with E-state index in [9.17, 15) is 4.79 Å².